The minimum absolute atomic E-state index is 0.00339. The van der Waals surface area contributed by atoms with Gasteiger partial charge in [-0.1, -0.05) is 6.07 Å². The molecule has 0 spiro atoms. The average Bonchev–Trinajstić information content (AvgIpc) is 3.08. The highest BCUT2D eigenvalue weighted by Gasteiger charge is 2.42. The Kier molecular flexibility index (Phi) is 8.02. The number of benzene rings is 2. The van der Waals surface area contributed by atoms with Gasteiger partial charge in [-0.3, -0.25) is 8.77 Å². The third-order valence-corrected chi connectivity index (χ3v) is 5.83. The van der Waals surface area contributed by atoms with E-state index in [-0.39, 0.29) is 12.8 Å². The number of nitrogens with zero attached hydrogens (tertiary/aromatic N) is 1. The summed E-state index contributed by atoms with van der Waals surface area (Å²) in [5, 5.41) is 0.849. The third kappa shape index (κ3) is 5.02. The summed E-state index contributed by atoms with van der Waals surface area (Å²) in [6, 6.07) is 7.02. The number of primary amides is 1. The van der Waals surface area contributed by atoms with E-state index in [1.54, 1.807) is 18.2 Å². The summed E-state index contributed by atoms with van der Waals surface area (Å²) in [6.45, 7) is 0. The number of fused-ring (bicyclic) bond motifs is 1. The highest BCUT2D eigenvalue weighted by Crippen LogP contribution is 2.37. The SMILES string of the molecule is Fc1c(F)c(C(F)(F)F)c(F)c(F)c1CCc1ccc2c(ccn2SI)c1.NC=O. The maximum Gasteiger partial charge on any atom is 0.422 e. The van der Waals surface area contributed by atoms with Gasteiger partial charge in [-0.2, -0.15) is 13.2 Å². The molecule has 2 aromatic carbocycles. The van der Waals surface area contributed by atoms with Crippen molar-refractivity contribution in [3.05, 3.63) is 70.4 Å². The van der Waals surface area contributed by atoms with E-state index in [2.05, 4.69) is 26.9 Å². The van der Waals surface area contributed by atoms with Crippen molar-refractivity contribution in [3.63, 3.8) is 0 Å². The minimum Gasteiger partial charge on any atom is -0.372 e. The van der Waals surface area contributed by atoms with Gasteiger partial charge in [0, 0.05) is 47.5 Å². The molecule has 3 nitrogen and oxygen atoms in total. The molecule has 0 fully saturated rings. The quantitative estimate of drug-likeness (QED) is 0.184. The van der Waals surface area contributed by atoms with Crippen LogP contribution >= 0.6 is 30.3 Å². The zero-order chi connectivity index (χ0) is 22.6. The van der Waals surface area contributed by atoms with Crippen LogP contribution in [0.3, 0.4) is 0 Å². The lowest BCUT2D eigenvalue weighted by molar-refractivity contribution is -0.143. The number of amides is 1. The Bertz CT molecular complexity index is 1040. The highest BCUT2D eigenvalue weighted by atomic mass is 127. The molecule has 3 rings (SSSR count). The van der Waals surface area contributed by atoms with E-state index in [1.165, 1.54) is 9.12 Å². The van der Waals surface area contributed by atoms with E-state index in [9.17, 15) is 30.7 Å². The molecule has 162 valence electrons. The number of carbonyl (C=O) groups excluding carboxylic acids is 1. The Balaban J connectivity index is 0.00000101. The maximum absolute atomic E-state index is 13.9. The summed E-state index contributed by atoms with van der Waals surface area (Å²) in [7, 11) is 1.44. The number of nitrogens with two attached hydrogens (primary N) is 1. The molecule has 0 aliphatic carbocycles. The molecular weight excluding hydrogens is 552 g/mol. The second kappa shape index (κ2) is 9.90. The number of carbonyl (C=O) groups is 1. The van der Waals surface area contributed by atoms with Gasteiger partial charge < -0.3 is 5.73 Å². The largest absolute Gasteiger partial charge is 0.422 e. The fourth-order valence-electron chi connectivity index (χ4n) is 2.80. The number of hydrogen-bond donors (Lipinski definition) is 1. The first-order valence-electron chi connectivity index (χ1n) is 8.03. The topological polar surface area (TPSA) is 48.0 Å². The molecule has 0 aliphatic rings. The van der Waals surface area contributed by atoms with Crippen molar-refractivity contribution < 1.29 is 35.5 Å². The van der Waals surface area contributed by atoms with Crippen molar-refractivity contribution in [2.75, 3.05) is 0 Å². The predicted octanol–water partition coefficient (Wildman–Crippen LogP) is 5.95. The molecule has 0 saturated carbocycles. The molecule has 2 N–H and O–H groups in total. The van der Waals surface area contributed by atoms with Crippen LogP contribution in [0.25, 0.3) is 10.9 Å². The van der Waals surface area contributed by atoms with Crippen LogP contribution < -0.4 is 5.73 Å². The van der Waals surface area contributed by atoms with E-state index in [1.807, 2.05) is 16.2 Å². The molecular formula is C18H12F7IN2OS. The minimum atomic E-state index is -5.54. The molecule has 1 amide bonds. The molecule has 1 heterocycles. The van der Waals surface area contributed by atoms with Gasteiger partial charge in [0.25, 0.3) is 0 Å². The van der Waals surface area contributed by atoms with E-state index in [4.69, 9.17) is 4.79 Å². The third-order valence-electron chi connectivity index (χ3n) is 4.09. The number of hydrogen-bond acceptors (Lipinski definition) is 2. The molecule has 0 saturated heterocycles. The van der Waals surface area contributed by atoms with Crippen LogP contribution in [0.5, 0.6) is 0 Å². The van der Waals surface area contributed by atoms with Crippen LogP contribution in [0, 0.1) is 23.3 Å². The second-order valence-electron chi connectivity index (χ2n) is 5.85. The maximum atomic E-state index is 13.9. The van der Waals surface area contributed by atoms with Gasteiger partial charge in [0.1, 0.15) is 5.56 Å². The monoisotopic (exact) mass is 564 g/mol. The van der Waals surface area contributed by atoms with Crippen molar-refractivity contribution >= 4 is 47.6 Å². The number of rotatable bonds is 4. The summed E-state index contributed by atoms with van der Waals surface area (Å²) in [5.41, 5.74) is 2.10. The molecule has 30 heavy (non-hydrogen) atoms. The van der Waals surface area contributed by atoms with Gasteiger partial charge in [-0.25, -0.2) is 17.6 Å². The molecule has 0 bridgehead atoms. The smallest absolute Gasteiger partial charge is 0.372 e. The summed E-state index contributed by atoms with van der Waals surface area (Å²) in [6.07, 6.45) is -3.96. The molecule has 0 unspecified atom stereocenters. The molecule has 0 radical (unpaired) electrons. The Labute approximate surface area is 182 Å². The van der Waals surface area contributed by atoms with Crippen molar-refractivity contribution in [1.29, 1.82) is 0 Å². The summed E-state index contributed by atoms with van der Waals surface area (Å²) < 4.78 is 95.0. The van der Waals surface area contributed by atoms with Crippen LogP contribution in [0.15, 0.2) is 30.5 Å². The summed E-state index contributed by atoms with van der Waals surface area (Å²) >= 11 is 2.10. The first-order chi connectivity index (χ1) is 14.1. The predicted molar refractivity (Wildman–Crippen MR) is 108 cm³/mol. The molecule has 0 aliphatic heterocycles. The Morgan fingerprint density at radius 2 is 1.57 bits per heavy atom. The van der Waals surface area contributed by atoms with Crippen LogP contribution in [0.4, 0.5) is 30.7 Å². The van der Waals surface area contributed by atoms with Gasteiger partial charge >= 0.3 is 6.18 Å². The normalized spacial score (nSPS) is 11.3. The summed E-state index contributed by atoms with van der Waals surface area (Å²) in [4.78, 5) is 8.58. The van der Waals surface area contributed by atoms with Gasteiger partial charge in [-0.05, 0) is 36.6 Å². The van der Waals surface area contributed by atoms with Crippen LogP contribution in [0.1, 0.15) is 16.7 Å². The fourth-order valence-corrected chi connectivity index (χ4v) is 4.17. The standard InChI is InChI=1S/C17H9F7INS.CH3NO/c18-13-10(14(19)16(21)12(15(13)20)17(22,23)24)3-1-8-2-4-11-9(7-8)5-6-26(11)27-25;2-1-3/h2,4-7H,1,3H2;1H,(H2,2,3). The lowest BCUT2D eigenvalue weighted by Gasteiger charge is -2.14. The number of alkyl halides is 3. The van der Waals surface area contributed by atoms with Gasteiger partial charge in [-0.15, -0.1) is 0 Å². The molecule has 3 aromatic rings. The lowest BCUT2D eigenvalue weighted by Crippen LogP contribution is -2.17. The fraction of sp³-hybridized carbons (Fsp3) is 0.167. The average molecular weight is 564 g/mol. The first-order valence-corrected chi connectivity index (χ1v) is 11.3. The van der Waals surface area contributed by atoms with Crippen molar-refractivity contribution in [2.24, 2.45) is 5.73 Å². The molecule has 1 aromatic heterocycles. The zero-order valence-electron chi connectivity index (χ0n) is 14.7. The second-order valence-corrected chi connectivity index (χ2v) is 7.56. The van der Waals surface area contributed by atoms with Crippen molar-refractivity contribution in [3.8, 4) is 0 Å². The Morgan fingerprint density at radius 1 is 1.00 bits per heavy atom. The van der Waals surface area contributed by atoms with Crippen molar-refractivity contribution in [2.45, 2.75) is 19.0 Å². The Morgan fingerprint density at radius 3 is 2.07 bits per heavy atom. The number of aryl methyl sites for hydroxylation is 1. The highest BCUT2D eigenvalue weighted by molar-refractivity contribution is 14.2. The van der Waals surface area contributed by atoms with E-state index in [0.29, 0.717) is 5.56 Å². The van der Waals surface area contributed by atoms with E-state index >= 15 is 0 Å². The van der Waals surface area contributed by atoms with Gasteiger partial charge in [0.15, 0.2) is 23.3 Å². The van der Waals surface area contributed by atoms with Gasteiger partial charge in [0.05, 0.1) is 5.52 Å². The lowest BCUT2D eigenvalue weighted by atomic mass is 10.00. The summed E-state index contributed by atoms with van der Waals surface area (Å²) in [5.74, 6) is -8.89. The van der Waals surface area contributed by atoms with Crippen LogP contribution in [0.2, 0.25) is 0 Å². The number of aromatic nitrogens is 1. The van der Waals surface area contributed by atoms with Crippen LogP contribution in [-0.2, 0) is 23.8 Å². The Hall–Kier alpha value is -1.96. The number of halogens is 8. The van der Waals surface area contributed by atoms with Crippen LogP contribution in [-0.4, -0.2) is 10.4 Å². The van der Waals surface area contributed by atoms with Gasteiger partial charge in [0.2, 0.25) is 6.41 Å². The first kappa shape index (κ1) is 24.3. The zero-order valence-corrected chi connectivity index (χ0v) is 17.7. The molecule has 0 atom stereocenters. The van der Waals surface area contributed by atoms with Crippen molar-refractivity contribution in [1.82, 2.24) is 3.97 Å². The van der Waals surface area contributed by atoms with E-state index < -0.39 is 47.0 Å². The van der Waals surface area contributed by atoms with E-state index in [0.717, 1.165) is 10.9 Å². The molecule has 12 heteroatoms.